The van der Waals surface area contributed by atoms with E-state index in [-0.39, 0.29) is 119 Å². The van der Waals surface area contributed by atoms with Crippen LogP contribution in [0, 0.1) is 6.92 Å². The second-order valence-corrected chi connectivity index (χ2v) is 10.3. The van der Waals surface area contributed by atoms with E-state index in [1.54, 1.807) is 36.1 Å². The Morgan fingerprint density at radius 3 is 2.23 bits per heavy atom. The number of hydrogen-bond acceptors (Lipinski definition) is 11. The number of phosphoric ester groups is 1. The summed E-state index contributed by atoms with van der Waals surface area (Å²) in [6, 6.07) is 8.75. The van der Waals surface area contributed by atoms with Crippen molar-refractivity contribution in [3.8, 4) is 11.6 Å². The van der Waals surface area contributed by atoms with Gasteiger partial charge in [0.05, 0.1) is 32.1 Å². The minimum atomic E-state index is -5.40. The molecule has 1 fully saturated rings. The molecule has 214 valence electrons. The van der Waals surface area contributed by atoms with E-state index in [0.29, 0.717) is 11.4 Å². The summed E-state index contributed by atoms with van der Waals surface area (Å²) < 4.78 is 23.6. The second kappa shape index (κ2) is 14.6. The van der Waals surface area contributed by atoms with Gasteiger partial charge in [-0.15, -0.1) is 0 Å². The average Bonchev–Trinajstić information content (AvgIpc) is 3.58. The van der Waals surface area contributed by atoms with Crippen LogP contribution in [0.2, 0.25) is 0 Å². The molecule has 0 spiro atoms. The first-order valence-corrected chi connectivity index (χ1v) is 13.8. The molecule has 1 aliphatic heterocycles. The van der Waals surface area contributed by atoms with Gasteiger partial charge < -0.3 is 38.0 Å². The van der Waals surface area contributed by atoms with Crippen LogP contribution < -0.4 is 73.6 Å². The maximum Gasteiger partial charge on any atom is 1.00 e. The van der Waals surface area contributed by atoms with Crippen LogP contribution in [0.5, 0.6) is 5.75 Å². The van der Waals surface area contributed by atoms with Crippen molar-refractivity contribution in [3.05, 3.63) is 66.0 Å². The number of piperazine rings is 1. The number of carbonyl (C=O) groups excluding carboxylic acids is 3. The Morgan fingerprint density at radius 2 is 1.65 bits per heavy atom. The number of ketones is 1. The fourth-order valence-corrected chi connectivity index (χ4v) is 4.87. The van der Waals surface area contributed by atoms with Crippen LogP contribution in [0.1, 0.15) is 26.5 Å². The van der Waals surface area contributed by atoms with Crippen molar-refractivity contribution in [1.82, 2.24) is 34.1 Å². The molecule has 1 aliphatic rings. The summed E-state index contributed by atoms with van der Waals surface area (Å²) >= 11 is 0. The van der Waals surface area contributed by atoms with Crippen molar-refractivity contribution in [2.75, 3.05) is 33.3 Å². The van der Waals surface area contributed by atoms with Crippen molar-refractivity contribution in [3.63, 3.8) is 0 Å². The SMILES string of the molecule is COc1cnc(-n2cnc(C)n2)c2c1c(C(=O)C(=O)N1CCN(C(=O)c3ccccc3)CC1)cn2COP(=O)([O-])[O-].[Na+].[Na+]. The first kappa shape index (κ1) is 35.1. The van der Waals surface area contributed by atoms with Crippen molar-refractivity contribution in [2.24, 2.45) is 0 Å². The first-order chi connectivity index (χ1) is 19.6. The Hall–Kier alpha value is -2.43. The number of hydrogen-bond donors (Lipinski definition) is 0. The molecule has 1 saturated heterocycles. The number of rotatable bonds is 8. The Labute approximate surface area is 290 Å². The third-order valence-corrected chi connectivity index (χ3v) is 6.98. The Balaban J connectivity index is 0.00000253. The number of Topliss-reactive ketones (excluding diaryl/α,β-unsaturated/α-hetero) is 1. The van der Waals surface area contributed by atoms with Gasteiger partial charge in [0, 0.05) is 37.9 Å². The Kier molecular flexibility index (Phi) is 11.9. The van der Waals surface area contributed by atoms with Crippen LogP contribution in [0.3, 0.4) is 0 Å². The third-order valence-electron chi connectivity index (χ3n) is 6.55. The van der Waals surface area contributed by atoms with Gasteiger partial charge >= 0.3 is 59.1 Å². The molecule has 0 atom stereocenters. The molecule has 0 aliphatic carbocycles. The molecule has 5 rings (SSSR count). The summed E-state index contributed by atoms with van der Waals surface area (Å²) in [6.45, 7) is 1.57. The number of pyridine rings is 1. The molecule has 4 heterocycles. The molecule has 0 N–H and O–H groups in total. The Bertz CT molecular complexity index is 1680. The minimum absolute atomic E-state index is 0. The van der Waals surface area contributed by atoms with Crippen LogP contribution in [-0.4, -0.2) is 85.0 Å². The van der Waals surface area contributed by atoms with E-state index in [9.17, 15) is 28.7 Å². The van der Waals surface area contributed by atoms with E-state index in [0.717, 1.165) is 4.57 Å². The normalized spacial score (nSPS) is 13.3. The molecule has 4 aromatic rings. The van der Waals surface area contributed by atoms with Crippen molar-refractivity contribution in [2.45, 2.75) is 13.7 Å². The maximum absolute atomic E-state index is 13.6. The number of fused-ring (bicyclic) bond motifs is 1. The van der Waals surface area contributed by atoms with Gasteiger partial charge in [-0.2, -0.15) is 5.10 Å². The summed E-state index contributed by atoms with van der Waals surface area (Å²) in [7, 11) is -4.06. The van der Waals surface area contributed by atoms with E-state index in [2.05, 4.69) is 19.6 Å². The monoisotopic (exact) mass is 627 g/mol. The van der Waals surface area contributed by atoms with Gasteiger partial charge in [-0.3, -0.25) is 14.4 Å². The number of phosphoric acid groups is 1. The number of nitrogens with zero attached hydrogens (tertiary/aromatic N) is 7. The minimum Gasteiger partial charge on any atom is -0.790 e. The van der Waals surface area contributed by atoms with E-state index >= 15 is 0 Å². The summed E-state index contributed by atoms with van der Waals surface area (Å²) in [5.41, 5.74) is 0.524. The number of aromatic nitrogens is 5. The average molecular weight is 627 g/mol. The quantitative estimate of drug-likeness (QED) is 0.0783. The largest absolute Gasteiger partial charge is 1.00 e. The van der Waals surface area contributed by atoms with Crippen molar-refractivity contribution < 1.29 is 97.1 Å². The number of carbonyl (C=O) groups is 3. The van der Waals surface area contributed by atoms with Gasteiger partial charge in [-0.25, -0.2) is 14.6 Å². The van der Waals surface area contributed by atoms with Gasteiger partial charge in [0.1, 0.15) is 30.1 Å². The first-order valence-electron chi connectivity index (χ1n) is 12.4. The Morgan fingerprint density at radius 1 is 1.00 bits per heavy atom. The zero-order chi connectivity index (χ0) is 29.3. The van der Waals surface area contributed by atoms with E-state index in [1.807, 2.05) is 6.07 Å². The number of ether oxygens (including phenoxy) is 1. The number of methoxy groups -OCH3 is 1. The van der Waals surface area contributed by atoms with Crippen LogP contribution in [0.4, 0.5) is 0 Å². The third kappa shape index (κ3) is 7.63. The second-order valence-electron chi connectivity index (χ2n) is 9.11. The molecule has 0 saturated carbocycles. The molecule has 18 heteroatoms. The van der Waals surface area contributed by atoms with Crippen LogP contribution in [0.15, 0.2) is 49.1 Å². The summed E-state index contributed by atoms with van der Waals surface area (Å²) in [4.78, 5) is 73.6. The number of amides is 2. The molecule has 0 radical (unpaired) electrons. The molecule has 43 heavy (non-hydrogen) atoms. The standard InChI is InChI=1S/C25H26N7O8P.2Na/c1-16-27-14-32(28-16)23-21-20(19(39-2)12-26-23)18(13-31(21)15-40-41(36,37)38)22(33)25(35)30-10-8-29(9-11-30)24(34)17-6-4-3-5-7-17;;/h3-7,12-14H,8-11,15H2,1-2H3,(H2,36,37,38);;/q;2*+1/p-2. The fourth-order valence-electron chi connectivity index (χ4n) is 4.60. The fraction of sp³-hybridized carbons (Fsp3) is 0.280. The predicted molar refractivity (Wildman–Crippen MR) is 138 cm³/mol. The molecule has 3 aromatic heterocycles. The van der Waals surface area contributed by atoms with Crippen molar-refractivity contribution in [1.29, 1.82) is 0 Å². The van der Waals surface area contributed by atoms with E-state index in [4.69, 9.17) is 4.74 Å². The molecular weight excluding hydrogens is 603 g/mol. The summed E-state index contributed by atoms with van der Waals surface area (Å²) in [5, 5.41) is 4.36. The number of benzene rings is 1. The zero-order valence-corrected chi connectivity index (χ0v) is 28.9. The summed E-state index contributed by atoms with van der Waals surface area (Å²) in [6.07, 6.45) is 3.88. The topological polar surface area (TPSA) is 188 Å². The molecule has 0 bridgehead atoms. The molecule has 0 unspecified atom stereocenters. The van der Waals surface area contributed by atoms with Gasteiger partial charge in [-0.05, 0) is 19.1 Å². The van der Waals surface area contributed by atoms with Gasteiger partial charge in [0.15, 0.2) is 5.82 Å². The molecular formula is C25H24N7Na2O8P. The van der Waals surface area contributed by atoms with Crippen molar-refractivity contribution >= 4 is 36.3 Å². The van der Waals surface area contributed by atoms with Crippen LogP contribution in [0.25, 0.3) is 16.7 Å². The predicted octanol–water partition coefficient (Wildman–Crippen LogP) is -6.09. The molecule has 15 nitrogen and oxygen atoms in total. The summed E-state index contributed by atoms with van der Waals surface area (Å²) in [5.74, 6) is -1.27. The smallest absolute Gasteiger partial charge is 0.790 e. The van der Waals surface area contributed by atoms with E-state index < -0.39 is 26.2 Å². The van der Waals surface area contributed by atoms with Gasteiger partial charge in [0.2, 0.25) is 0 Å². The van der Waals surface area contributed by atoms with Crippen LogP contribution >= 0.6 is 7.82 Å². The van der Waals surface area contributed by atoms with Crippen LogP contribution in [-0.2, 0) is 20.6 Å². The number of aryl methyl sites for hydroxylation is 1. The molecule has 1 aromatic carbocycles. The van der Waals surface area contributed by atoms with Gasteiger partial charge in [-0.1, -0.05) is 18.2 Å². The zero-order valence-electron chi connectivity index (χ0n) is 24.0. The molecule has 2 amide bonds. The van der Waals surface area contributed by atoms with E-state index in [1.165, 1.54) is 35.4 Å². The maximum atomic E-state index is 13.6. The van der Waals surface area contributed by atoms with Gasteiger partial charge in [0.25, 0.3) is 17.6 Å².